The number of carbonyl (C=O) groups excluding carboxylic acids is 2. The van der Waals surface area contributed by atoms with Crippen molar-refractivity contribution >= 4 is 35.1 Å². The van der Waals surface area contributed by atoms with Gasteiger partial charge in [0.2, 0.25) is 0 Å². The largest absolute Gasteiger partial charge is 0.465 e. The van der Waals surface area contributed by atoms with Crippen LogP contribution in [0.1, 0.15) is 41.3 Å². The fourth-order valence-electron chi connectivity index (χ4n) is 5.24. The van der Waals surface area contributed by atoms with Gasteiger partial charge in [0.15, 0.2) is 0 Å². The lowest BCUT2D eigenvalue weighted by atomic mass is 9.97. The van der Waals surface area contributed by atoms with E-state index in [0.717, 1.165) is 36.6 Å². The van der Waals surface area contributed by atoms with E-state index in [2.05, 4.69) is 28.8 Å². The standard InChI is InChI=1S/C22H24N2O3.ClH/c1-2-27-22(26)20-14-10-17(23-20)18(11-14)24-21(25)16-9-8-13-7-6-12-4-3-5-15(16)19(12)13;/h3-5,8-9,14,17-18,20,23H,2,6-7,10-11H2,1H3,(H,24,25);1H/t14-,17+,18-,20-;/m1./s1. The predicted molar refractivity (Wildman–Crippen MR) is 110 cm³/mol. The number of hydrogen-bond acceptors (Lipinski definition) is 4. The maximum absolute atomic E-state index is 13.0. The van der Waals surface area contributed by atoms with E-state index in [4.69, 9.17) is 4.74 Å². The van der Waals surface area contributed by atoms with Crippen molar-refractivity contribution < 1.29 is 14.3 Å². The summed E-state index contributed by atoms with van der Waals surface area (Å²) in [5, 5.41) is 8.89. The number of halogens is 1. The fourth-order valence-corrected chi connectivity index (χ4v) is 5.24. The molecule has 0 radical (unpaired) electrons. The molecule has 2 N–H and O–H groups in total. The van der Waals surface area contributed by atoms with E-state index in [1.807, 2.05) is 19.1 Å². The molecular weight excluding hydrogens is 376 g/mol. The summed E-state index contributed by atoms with van der Waals surface area (Å²) in [5.74, 6) is 0.0621. The van der Waals surface area contributed by atoms with Gasteiger partial charge in [-0.15, -0.1) is 12.4 Å². The zero-order valence-corrected chi connectivity index (χ0v) is 16.7. The molecule has 148 valence electrons. The summed E-state index contributed by atoms with van der Waals surface area (Å²) in [7, 11) is 0. The smallest absolute Gasteiger partial charge is 0.323 e. The number of amides is 1. The number of fused-ring (bicyclic) bond motifs is 2. The van der Waals surface area contributed by atoms with Crippen molar-refractivity contribution in [3.8, 4) is 0 Å². The molecule has 28 heavy (non-hydrogen) atoms. The highest BCUT2D eigenvalue weighted by Gasteiger charge is 2.49. The van der Waals surface area contributed by atoms with E-state index >= 15 is 0 Å². The van der Waals surface area contributed by atoms with Crippen molar-refractivity contribution in [1.29, 1.82) is 0 Å². The third kappa shape index (κ3) is 2.97. The van der Waals surface area contributed by atoms with E-state index in [0.29, 0.717) is 6.61 Å². The minimum atomic E-state index is -0.222. The summed E-state index contributed by atoms with van der Waals surface area (Å²) in [6, 6.07) is 10.3. The van der Waals surface area contributed by atoms with Crippen LogP contribution in [-0.2, 0) is 22.4 Å². The van der Waals surface area contributed by atoms with E-state index in [1.54, 1.807) is 0 Å². The first-order valence-corrected chi connectivity index (χ1v) is 9.92. The van der Waals surface area contributed by atoms with E-state index < -0.39 is 0 Å². The minimum absolute atomic E-state index is 0. The monoisotopic (exact) mass is 400 g/mol. The average molecular weight is 401 g/mol. The third-order valence-electron chi connectivity index (χ3n) is 6.44. The Labute approximate surface area is 170 Å². The Hall–Kier alpha value is -2.11. The molecule has 1 saturated heterocycles. The maximum atomic E-state index is 13.0. The number of nitrogens with one attached hydrogen (secondary N) is 2. The lowest BCUT2D eigenvalue weighted by molar-refractivity contribution is -0.146. The summed E-state index contributed by atoms with van der Waals surface area (Å²) in [6.07, 6.45) is 3.86. The Morgan fingerprint density at radius 2 is 1.93 bits per heavy atom. The molecule has 3 aliphatic rings. The number of aryl methyl sites for hydroxylation is 2. The second-order valence-electron chi connectivity index (χ2n) is 7.93. The molecule has 2 bridgehead atoms. The molecule has 1 amide bonds. The number of piperidine rings is 1. The van der Waals surface area contributed by atoms with Crippen LogP contribution in [-0.4, -0.2) is 36.6 Å². The Kier molecular flexibility index (Phi) is 5.06. The van der Waals surface area contributed by atoms with Crippen LogP contribution < -0.4 is 10.6 Å². The van der Waals surface area contributed by atoms with E-state index in [-0.39, 0.29) is 48.3 Å². The van der Waals surface area contributed by atoms with Gasteiger partial charge in [-0.2, -0.15) is 0 Å². The van der Waals surface area contributed by atoms with E-state index in [9.17, 15) is 9.59 Å². The van der Waals surface area contributed by atoms with Gasteiger partial charge in [0.25, 0.3) is 5.91 Å². The molecule has 1 aliphatic heterocycles. The molecule has 1 heterocycles. The van der Waals surface area contributed by atoms with Crippen LogP contribution in [0.3, 0.4) is 0 Å². The third-order valence-corrected chi connectivity index (χ3v) is 6.44. The van der Waals surface area contributed by atoms with Gasteiger partial charge in [0.05, 0.1) is 6.61 Å². The van der Waals surface area contributed by atoms with Crippen LogP contribution in [0, 0.1) is 5.92 Å². The van der Waals surface area contributed by atoms with Gasteiger partial charge in [-0.1, -0.05) is 24.3 Å². The molecule has 5 nitrogen and oxygen atoms in total. The quantitative estimate of drug-likeness (QED) is 0.774. The van der Waals surface area contributed by atoms with Crippen molar-refractivity contribution in [2.24, 2.45) is 5.92 Å². The Bertz CT molecular complexity index is 935. The van der Waals surface area contributed by atoms with Crippen molar-refractivity contribution in [1.82, 2.24) is 10.6 Å². The first-order chi connectivity index (χ1) is 13.2. The highest BCUT2D eigenvalue weighted by molar-refractivity contribution is 6.09. The normalized spacial score (nSPS) is 26.9. The molecule has 2 aromatic rings. The molecule has 0 unspecified atom stereocenters. The van der Waals surface area contributed by atoms with E-state index in [1.165, 1.54) is 16.5 Å². The van der Waals surface area contributed by atoms with Gasteiger partial charge >= 0.3 is 5.97 Å². The van der Waals surface area contributed by atoms with Crippen LogP contribution in [0.25, 0.3) is 10.8 Å². The molecule has 0 spiro atoms. The van der Waals surface area contributed by atoms with Gasteiger partial charge in [0.1, 0.15) is 6.04 Å². The number of carbonyl (C=O) groups is 2. The second-order valence-corrected chi connectivity index (χ2v) is 7.93. The van der Waals surface area contributed by atoms with Gasteiger partial charge in [-0.3, -0.25) is 14.9 Å². The number of ether oxygens (including phenoxy) is 1. The topological polar surface area (TPSA) is 67.4 Å². The molecule has 5 rings (SSSR count). The molecule has 6 heteroatoms. The Morgan fingerprint density at radius 3 is 2.64 bits per heavy atom. The van der Waals surface area contributed by atoms with Crippen molar-refractivity contribution in [3.05, 3.63) is 47.0 Å². The number of hydrogen-bond donors (Lipinski definition) is 2. The van der Waals surface area contributed by atoms with Gasteiger partial charge in [0, 0.05) is 17.6 Å². The van der Waals surface area contributed by atoms with Crippen LogP contribution in [0.2, 0.25) is 0 Å². The van der Waals surface area contributed by atoms with Crippen molar-refractivity contribution in [2.45, 2.75) is 50.7 Å². The molecule has 2 aromatic carbocycles. The zero-order chi connectivity index (χ0) is 18.5. The predicted octanol–water partition coefficient (Wildman–Crippen LogP) is 2.77. The maximum Gasteiger partial charge on any atom is 0.323 e. The van der Waals surface area contributed by atoms with Gasteiger partial charge in [-0.25, -0.2) is 0 Å². The Balaban J connectivity index is 0.00000192. The summed E-state index contributed by atoms with van der Waals surface area (Å²) in [4.78, 5) is 25.1. The highest BCUT2D eigenvalue weighted by Crippen LogP contribution is 2.37. The molecule has 2 fully saturated rings. The number of rotatable bonds is 4. The number of benzene rings is 2. The van der Waals surface area contributed by atoms with Crippen LogP contribution in [0.4, 0.5) is 0 Å². The second kappa shape index (κ2) is 7.37. The Morgan fingerprint density at radius 1 is 1.14 bits per heavy atom. The van der Waals surface area contributed by atoms with Crippen molar-refractivity contribution in [2.75, 3.05) is 6.61 Å². The summed E-state index contributed by atoms with van der Waals surface area (Å²) in [5.41, 5.74) is 3.44. The summed E-state index contributed by atoms with van der Waals surface area (Å²) in [6.45, 7) is 2.23. The SMILES string of the molecule is CCOC(=O)[C@@H]1N[C@H]2C[C@@H]1C[C@H]2NC(=O)c1ccc2c3c(cccc13)CC2.Cl. The van der Waals surface area contributed by atoms with Gasteiger partial charge < -0.3 is 10.1 Å². The van der Waals surface area contributed by atoms with Crippen LogP contribution in [0.5, 0.6) is 0 Å². The zero-order valence-electron chi connectivity index (χ0n) is 15.9. The van der Waals surface area contributed by atoms with Crippen LogP contribution in [0.15, 0.2) is 30.3 Å². The molecule has 1 saturated carbocycles. The number of esters is 1. The van der Waals surface area contributed by atoms with Crippen molar-refractivity contribution in [3.63, 3.8) is 0 Å². The fraction of sp³-hybridized carbons (Fsp3) is 0.455. The lowest BCUT2D eigenvalue weighted by Crippen LogP contribution is -2.53. The molecule has 4 atom stereocenters. The molecule has 2 aliphatic carbocycles. The average Bonchev–Trinajstić information content (AvgIpc) is 3.37. The summed E-state index contributed by atoms with van der Waals surface area (Å²) < 4.78 is 5.15. The first kappa shape index (κ1) is 19.2. The molecular formula is C22H25ClN2O3. The molecule has 0 aromatic heterocycles. The highest BCUT2D eigenvalue weighted by atomic mass is 35.5. The summed E-state index contributed by atoms with van der Waals surface area (Å²) >= 11 is 0. The van der Waals surface area contributed by atoms with Crippen LogP contribution >= 0.6 is 12.4 Å². The minimum Gasteiger partial charge on any atom is -0.465 e. The lowest BCUT2D eigenvalue weighted by Gasteiger charge is -2.28. The van der Waals surface area contributed by atoms with Gasteiger partial charge in [-0.05, 0) is 66.5 Å². The first-order valence-electron chi connectivity index (χ1n) is 9.92.